The molecule has 1 aliphatic heterocycles. The summed E-state index contributed by atoms with van der Waals surface area (Å²) in [6.07, 6.45) is -2.37. The van der Waals surface area contributed by atoms with Crippen molar-refractivity contribution in [3.05, 3.63) is 66.2 Å². The first-order chi connectivity index (χ1) is 16.1. The van der Waals surface area contributed by atoms with E-state index in [4.69, 9.17) is 4.74 Å². The third kappa shape index (κ3) is 7.16. The number of piperazine rings is 1. The van der Waals surface area contributed by atoms with Crippen molar-refractivity contribution in [1.82, 2.24) is 10.2 Å². The standard InChI is InChI=1S/C24H26F3N3O4/c1-17(18-3-7-21(8-4-18)34-24(25,26)27)28-22(31)11-12-23(32)30-15-13-29(14-16-30)19-5-9-20(33-2)10-6-19/h3-12,17H,13-16H2,1-2H3,(H,28,31)/b12-11-/t17-/m0/s1. The molecule has 0 bridgehead atoms. The lowest BCUT2D eigenvalue weighted by Crippen LogP contribution is -2.48. The Hall–Kier alpha value is -3.69. The van der Waals surface area contributed by atoms with Crippen molar-refractivity contribution in [2.24, 2.45) is 0 Å². The Labute approximate surface area is 195 Å². The topological polar surface area (TPSA) is 71.1 Å². The van der Waals surface area contributed by atoms with Crippen LogP contribution in [0.4, 0.5) is 18.9 Å². The monoisotopic (exact) mass is 477 g/mol. The molecule has 1 saturated heterocycles. The second-order valence-corrected chi connectivity index (χ2v) is 7.69. The third-order valence-corrected chi connectivity index (χ3v) is 5.38. The molecule has 7 nitrogen and oxygen atoms in total. The number of carbonyl (C=O) groups is 2. The molecule has 3 rings (SSSR count). The summed E-state index contributed by atoms with van der Waals surface area (Å²) < 4.78 is 45.8. The summed E-state index contributed by atoms with van der Waals surface area (Å²) in [5.41, 5.74) is 1.65. The van der Waals surface area contributed by atoms with Crippen molar-refractivity contribution in [3.8, 4) is 11.5 Å². The number of rotatable bonds is 7. The number of amides is 2. The lowest BCUT2D eigenvalue weighted by Gasteiger charge is -2.35. The number of benzene rings is 2. The molecule has 1 fully saturated rings. The zero-order valence-corrected chi connectivity index (χ0v) is 18.8. The molecule has 2 amide bonds. The van der Waals surface area contributed by atoms with Crippen LogP contribution in [-0.4, -0.2) is 56.4 Å². The van der Waals surface area contributed by atoms with Gasteiger partial charge in [0.1, 0.15) is 11.5 Å². The van der Waals surface area contributed by atoms with Gasteiger partial charge < -0.3 is 24.6 Å². The first kappa shape index (κ1) is 24.9. The number of alkyl halides is 3. The van der Waals surface area contributed by atoms with Gasteiger partial charge in [0.15, 0.2) is 0 Å². The van der Waals surface area contributed by atoms with Crippen molar-refractivity contribution in [3.63, 3.8) is 0 Å². The molecule has 2 aromatic rings. The highest BCUT2D eigenvalue weighted by Crippen LogP contribution is 2.24. The predicted molar refractivity (Wildman–Crippen MR) is 121 cm³/mol. The Kier molecular flexibility index (Phi) is 8.04. The van der Waals surface area contributed by atoms with Crippen LogP contribution in [-0.2, 0) is 9.59 Å². The molecule has 0 aliphatic carbocycles. The van der Waals surface area contributed by atoms with Crippen LogP contribution in [0.3, 0.4) is 0 Å². The summed E-state index contributed by atoms with van der Waals surface area (Å²) in [5.74, 6) is -0.297. The highest BCUT2D eigenvalue weighted by molar-refractivity contribution is 5.96. The number of hydrogen-bond donors (Lipinski definition) is 1. The molecule has 34 heavy (non-hydrogen) atoms. The molecule has 0 saturated carbocycles. The van der Waals surface area contributed by atoms with Gasteiger partial charge in [0.2, 0.25) is 11.8 Å². The molecule has 0 spiro atoms. The minimum Gasteiger partial charge on any atom is -0.497 e. The zero-order chi connectivity index (χ0) is 24.7. The van der Waals surface area contributed by atoms with Crippen LogP contribution < -0.4 is 19.7 Å². The summed E-state index contributed by atoms with van der Waals surface area (Å²) in [6.45, 7) is 4.08. The molecule has 1 heterocycles. The highest BCUT2D eigenvalue weighted by Gasteiger charge is 2.31. The summed E-state index contributed by atoms with van der Waals surface area (Å²) in [7, 11) is 1.61. The van der Waals surface area contributed by atoms with Crippen LogP contribution in [0.15, 0.2) is 60.7 Å². The van der Waals surface area contributed by atoms with E-state index in [0.29, 0.717) is 31.7 Å². The smallest absolute Gasteiger partial charge is 0.497 e. The van der Waals surface area contributed by atoms with E-state index < -0.39 is 18.3 Å². The Balaban J connectivity index is 1.45. The highest BCUT2D eigenvalue weighted by atomic mass is 19.4. The Morgan fingerprint density at radius 1 is 0.941 bits per heavy atom. The third-order valence-electron chi connectivity index (χ3n) is 5.38. The van der Waals surface area contributed by atoms with Crippen LogP contribution in [0.25, 0.3) is 0 Å². The maximum atomic E-state index is 12.5. The quantitative estimate of drug-likeness (QED) is 0.617. The number of nitrogens with zero attached hydrogens (tertiary/aromatic N) is 2. The van der Waals surface area contributed by atoms with Gasteiger partial charge in [-0.05, 0) is 48.9 Å². The lowest BCUT2D eigenvalue weighted by atomic mass is 10.1. The molecule has 182 valence electrons. The van der Waals surface area contributed by atoms with Gasteiger partial charge in [0.25, 0.3) is 0 Å². The lowest BCUT2D eigenvalue weighted by molar-refractivity contribution is -0.274. The molecule has 10 heteroatoms. The number of methoxy groups -OCH3 is 1. The van der Waals surface area contributed by atoms with Crippen molar-refractivity contribution in [2.45, 2.75) is 19.3 Å². The average molecular weight is 477 g/mol. The summed E-state index contributed by atoms with van der Waals surface area (Å²) in [6, 6.07) is 12.5. The van der Waals surface area contributed by atoms with Gasteiger partial charge in [-0.1, -0.05) is 12.1 Å². The molecule has 0 unspecified atom stereocenters. The average Bonchev–Trinajstić information content (AvgIpc) is 2.82. The van der Waals surface area contributed by atoms with E-state index in [2.05, 4.69) is 15.0 Å². The van der Waals surface area contributed by atoms with Crippen molar-refractivity contribution >= 4 is 17.5 Å². The molecule has 0 radical (unpaired) electrons. The number of halogens is 3. The van der Waals surface area contributed by atoms with E-state index in [9.17, 15) is 22.8 Å². The normalized spacial score (nSPS) is 15.2. The van der Waals surface area contributed by atoms with Gasteiger partial charge in [-0.15, -0.1) is 13.2 Å². The van der Waals surface area contributed by atoms with Crippen LogP contribution in [0.2, 0.25) is 0 Å². The van der Waals surface area contributed by atoms with E-state index in [1.54, 1.807) is 18.9 Å². The Morgan fingerprint density at radius 2 is 1.53 bits per heavy atom. The molecule has 1 atom stereocenters. The largest absolute Gasteiger partial charge is 0.573 e. The van der Waals surface area contributed by atoms with Gasteiger partial charge >= 0.3 is 6.36 Å². The zero-order valence-electron chi connectivity index (χ0n) is 18.8. The van der Waals surface area contributed by atoms with Crippen molar-refractivity contribution < 1.29 is 32.2 Å². The van der Waals surface area contributed by atoms with Crippen molar-refractivity contribution in [1.29, 1.82) is 0 Å². The molecule has 1 aliphatic rings. The fraction of sp³-hybridized carbons (Fsp3) is 0.333. The van der Waals surface area contributed by atoms with Gasteiger partial charge in [-0.25, -0.2) is 0 Å². The minimum absolute atomic E-state index is 0.258. The molecule has 0 aromatic heterocycles. The maximum Gasteiger partial charge on any atom is 0.573 e. The minimum atomic E-state index is -4.76. The van der Waals surface area contributed by atoms with E-state index in [-0.39, 0.29) is 11.7 Å². The van der Waals surface area contributed by atoms with E-state index in [0.717, 1.165) is 17.5 Å². The second kappa shape index (κ2) is 11.0. The van der Waals surface area contributed by atoms with E-state index in [1.165, 1.54) is 30.3 Å². The SMILES string of the molecule is COc1ccc(N2CCN(C(=O)/C=C\C(=O)N[C@@H](C)c3ccc(OC(F)(F)F)cc3)CC2)cc1. The van der Waals surface area contributed by atoms with Gasteiger partial charge in [0, 0.05) is 44.0 Å². The number of carbonyl (C=O) groups excluding carboxylic acids is 2. The Morgan fingerprint density at radius 3 is 2.09 bits per heavy atom. The number of ether oxygens (including phenoxy) is 2. The number of anilines is 1. The first-order valence-corrected chi connectivity index (χ1v) is 10.7. The molecule has 1 N–H and O–H groups in total. The van der Waals surface area contributed by atoms with Crippen molar-refractivity contribution in [2.75, 3.05) is 38.2 Å². The number of hydrogen-bond acceptors (Lipinski definition) is 5. The summed E-state index contributed by atoms with van der Waals surface area (Å²) in [5, 5.41) is 2.68. The number of nitrogens with one attached hydrogen (secondary N) is 1. The van der Waals surface area contributed by atoms with Crippen LogP contribution in [0, 0.1) is 0 Å². The second-order valence-electron chi connectivity index (χ2n) is 7.69. The van der Waals surface area contributed by atoms with E-state index >= 15 is 0 Å². The van der Waals surface area contributed by atoms with Gasteiger partial charge in [-0.2, -0.15) is 0 Å². The van der Waals surface area contributed by atoms with E-state index in [1.807, 2.05) is 24.3 Å². The molecular formula is C24H26F3N3O4. The summed E-state index contributed by atoms with van der Waals surface area (Å²) >= 11 is 0. The maximum absolute atomic E-state index is 12.5. The van der Waals surface area contributed by atoms with Crippen LogP contribution >= 0.6 is 0 Å². The van der Waals surface area contributed by atoms with Gasteiger partial charge in [0.05, 0.1) is 13.2 Å². The van der Waals surface area contributed by atoms with Crippen LogP contribution in [0.1, 0.15) is 18.5 Å². The fourth-order valence-corrected chi connectivity index (χ4v) is 3.53. The fourth-order valence-electron chi connectivity index (χ4n) is 3.53. The Bertz CT molecular complexity index is 1000. The first-order valence-electron chi connectivity index (χ1n) is 10.7. The molecular weight excluding hydrogens is 451 g/mol. The van der Waals surface area contributed by atoms with Crippen LogP contribution in [0.5, 0.6) is 11.5 Å². The summed E-state index contributed by atoms with van der Waals surface area (Å²) in [4.78, 5) is 28.5. The van der Waals surface area contributed by atoms with Gasteiger partial charge in [-0.3, -0.25) is 9.59 Å². The predicted octanol–water partition coefficient (Wildman–Crippen LogP) is 3.68. The molecule has 2 aromatic carbocycles.